The Morgan fingerprint density at radius 1 is 0.294 bits per heavy atom. The average molecular weight is 695 g/mol. The van der Waals surface area contributed by atoms with Crippen LogP contribution < -0.4 is 31.8 Å². The first-order valence-electron chi connectivity index (χ1n) is 17.0. The normalized spacial score (nSPS) is 11.6. The minimum atomic E-state index is -2.90. The van der Waals surface area contributed by atoms with Crippen molar-refractivity contribution in [2.75, 3.05) is 0 Å². The largest absolute Gasteiger partial charge is 0.292 e. The smallest absolute Gasteiger partial charge is 0.256 e. The van der Waals surface area contributed by atoms with E-state index in [0.29, 0.717) is 0 Å². The highest BCUT2D eigenvalue weighted by atomic mass is 31.3. The first kappa shape index (κ1) is 32.6. The van der Waals surface area contributed by atoms with E-state index >= 15 is 0 Å². The van der Waals surface area contributed by atoms with E-state index < -0.39 is 15.0 Å². The summed E-state index contributed by atoms with van der Waals surface area (Å²) in [5.74, 6) is 0. The van der Waals surface area contributed by atoms with Crippen LogP contribution in [0.5, 0.6) is 0 Å². The van der Waals surface area contributed by atoms with Gasteiger partial charge in [0.1, 0.15) is 31.8 Å². The quantitative estimate of drug-likeness (QED) is 0.134. The molecule has 51 heavy (non-hydrogen) atoms. The van der Waals surface area contributed by atoms with Crippen LogP contribution in [0.1, 0.15) is 0 Å². The Hall–Kier alpha value is -5.56. The minimum Gasteiger partial charge on any atom is -0.256 e. The van der Waals surface area contributed by atoms with E-state index in [1.807, 2.05) is 36.7 Å². The molecule has 0 fully saturated rings. The summed E-state index contributed by atoms with van der Waals surface area (Å²) in [4.78, 5) is 9.49. The monoisotopic (exact) mass is 694 g/mol. The molecule has 0 radical (unpaired) electrons. The summed E-state index contributed by atoms with van der Waals surface area (Å²) in [6.45, 7) is 0. The van der Waals surface area contributed by atoms with Gasteiger partial charge in [-0.05, 0) is 97.1 Å². The van der Waals surface area contributed by atoms with E-state index in [0.717, 1.165) is 54.3 Å². The molecular formula is C46H36N2OP2+2. The van der Waals surface area contributed by atoms with Gasteiger partial charge in [-0.3, -0.25) is 9.97 Å². The van der Waals surface area contributed by atoms with Gasteiger partial charge in [-0.15, -0.1) is 0 Å². The SMILES string of the molecule is c1ccc([P+](O[P+](c2ccccc2)(c2ccccc2)c2cccc(-c3ccccn3)c2)(c2ccccc2)c2cccc(-c3ccccn3)c2)cc1. The summed E-state index contributed by atoms with van der Waals surface area (Å²) in [7, 11) is -5.80. The number of aromatic nitrogens is 2. The van der Waals surface area contributed by atoms with E-state index in [-0.39, 0.29) is 0 Å². The minimum absolute atomic E-state index is 0.925. The third kappa shape index (κ3) is 6.33. The number of benzene rings is 6. The summed E-state index contributed by atoms with van der Waals surface area (Å²) in [5, 5.41) is 6.83. The number of rotatable bonds is 10. The predicted octanol–water partition coefficient (Wildman–Crippen LogP) is 8.95. The van der Waals surface area contributed by atoms with E-state index in [1.54, 1.807) is 0 Å². The van der Waals surface area contributed by atoms with Crippen LogP contribution in [0.15, 0.2) is 219 Å². The predicted molar refractivity (Wildman–Crippen MR) is 218 cm³/mol. The molecule has 2 aromatic heterocycles. The highest BCUT2D eigenvalue weighted by Crippen LogP contribution is 2.73. The van der Waals surface area contributed by atoms with Gasteiger partial charge in [0.2, 0.25) is 0 Å². The van der Waals surface area contributed by atoms with Crippen LogP contribution in [-0.2, 0) is 4.31 Å². The van der Waals surface area contributed by atoms with Crippen molar-refractivity contribution in [1.29, 1.82) is 0 Å². The second kappa shape index (κ2) is 14.7. The Kier molecular flexibility index (Phi) is 9.43. The molecule has 8 aromatic rings. The Labute approximate surface area is 301 Å². The van der Waals surface area contributed by atoms with Crippen molar-refractivity contribution < 1.29 is 4.31 Å². The van der Waals surface area contributed by atoms with Crippen molar-refractivity contribution >= 4 is 46.8 Å². The zero-order chi connectivity index (χ0) is 34.4. The van der Waals surface area contributed by atoms with Crippen molar-refractivity contribution in [2.45, 2.75) is 0 Å². The van der Waals surface area contributed by atoms with Crippen LogP contribution in [0.25, 0.3) is 22.5 Å². The lowest BCUT2D eigenvalue weighted by atomic mass is 10.1. The van der Waals surface area contributed by atoms with E-state index in [4.69, 9.17) is 14.3 Å². The zero-order valence-corrected chi connectivity index (χ0v) is 29.8. The summed E-state index contributed by atoms with van der Waals surface area (Å²) < 4.78 is 8.51. The third-order valence-corrected chi connectivity index (χ3v) is 17.1. The molecule has 2 heterocycles. The summed E-state index contributed by atoms with van der Waals surface area (Å²) in [6.07, 6.45) is 3.70. The molecular weight excluding hydrogens is 658 g/mol. The van der Waals surface area contributed by atoms with Gasteiger partial charge in [-0.25, -0.2) is 0 Å². The van der Waals surface area contributed by atoms with E-state index in [9.17, 15) is 0 Å². The second-order valence-corrected chi connectivity index (χ2v) is 18.4. The fourth-order valence-electron chi connectivity index (χ4n) is 6.70. The van der Waals surface area contributed by atoms with Crippen molar-refractivity contribution in [3.05, 3.63) is 219 Å². The summed E-state index contributed by atoms with van der Waals surface area (Å²) in [5.41, 5.74) is 3.95. The number of hydrogen-bond acceptors (Lipinski definition) is 3. The molecule has 0 bridgehead atoms. The van der Waals surface area contributed by atoms with Crippen molar-refractivity contribution in [3.8, 4) is 22.5 Å². The van der Waals surface area contributed by atoms with Gasteiger partial charge in [-0.1, -0.05) is 114 Å². The maximum atomic E-state index is 8.51. The Balaban J connectivity index is 1.49. The lowest BCUT2D eigenvalue weighted by molar-refractivity contribution is 0.697. The molecule has 0 atom stereocenters. The van der Waals surface area contributed by atoms with Crippen LogP contribution in [0.2, 0.25) is 0 Å². The second-order valence-electron chi connectivity index (χ2n) is 12.2. The lowest BCUT2D eigenvalue weighted by Gasteiger charge is -2.32. The molecule has 0 aliphatic heterocycles. The van der Waals surface area contributed by atoms with Gasteiger partial charge in [-0.2, -0.15) is 0 Å². The molecule has 0 aliphatic carbocycles. The Bertz CT molecular complexity index is 2080. The molecule has 0 N–H and O–H groups in total. The molecule has 5 heteroatoms. The number of pyridine rings is 2. The standard InChI is InChI=1S/C46H36N2OP2/c1-5-21-39(22-6-1)50(40-23-7-2-8-24-40,43-29-17-19-37(35-43)45-31-13-15-33-47-45)49-51(41-25-9-3-10-26-41,42-27-11-4-12-28-42)44-30-18-20-38(36-44)46-32-14-16-34-48-46/h1-36H/q+2. The van der Waals surface area contributed by atoms with Gasteiger partial charge in [0, 0.05) is 23.5 Å². The van der Waals surface area contributed by atoms with Crippen LogP contribution in [0.4, 0.5) is 0 Å². The van der Waals surface area contributed by atoms with Gasteiger partial charge in [0.25, 0.3) is 15.0 Å². The van der Waals surface area contributed by atoms with Gasteiger partial charge >= 0.3 is 0 Å². The maximum Gasteiger partial charge on any atom is 0.292 e. The molecule has 0 spiro atoms. The van der Waals surface area contributed by atoms with Gasteiger partial charge in [0.05, 0.1) is 11.4 Å². The first-order valence-corrected chi connectivity index (χ1v) is 20.4. The molecule has 0 saturated heterocycles. The van der Waals surface area contributed by atoms with Gasteiger partial charge < -0.3 is 0 Å². The van der Waals surface area contributed by atoms with Gasteiger partial charge in [0.15, 0.2) is 0 Å². The fraction of sp³-hybridized carbons (Fsp3) is 0. The molecule has 244 valence electrons. The highest BCUT2D eigenvalue weighted by Gasteiger charge is 2.63. The van der Waals surface area contributed by atoms with Crippen molar-refractivity contribution in [2.24, 2.45) is 0 Å². The Morgan fingerprint density at radius 2 is 0.608 bits per heavy atom. The summed E-state index contributed by atoms with van der Waals surface area (Å²) in [6, 6.07) is 73.1. The molecule has 0 aliphatic rings. The zero-order valence-electron chi connectivity index (χ0n) is 28.0. The number of nitrogens with zero attached hydrogens (tertiary/aromatic N) is 2. The van der Waals surface area contributed by atoms with Crippen molar-refractivity contribution in [3.63, 3.8) is 0 Å². The van der Waals surface area contributed by atoms with E-state index in [1.165, 1.54) is 0 Å². The number of hydrogen-bond donors (Lipinski definition) is 0. The Morgan fingerprint density at radius 3 is 0.922 bits per heavy atom. The third-order valence-electron chi connectivity index (χ3n) is 9.06. The topological polar surface area (TPSA) is 35.0 Å². The van der Waals surface area contributed by atoms with Crippen LogP contribution in [0.3, 0.4) is 0 Å². The molecule has 8 rings (SSSR count). The van der Waals surface area contributed by atoms with Crippen LogP contribution in [-0.4, -0.2) is 9.97 Å². The van der Waals surface area contributed by atoms with Crippen molar-refractivity contribution in [1.82, 2.24) is 9.97 Å². The fourth-order valence-corrected chi connectivity index (χ4v) is 15.8. The summed E-state index contributed by atoms with van der Waals surface area (Å²) >= 11 is 0. The van der Waals surface area contributed by atoms with Crippen LogP contribution >= 0.6 is 15.0 Å². The highest BCUT2D eigenvalue weighted by molar-refractivity contribution is 8.03. The van der Waals surface area contributed by atoms with E-state index in [2.05, 4.69) is 182 Å². The molecule has 6 aromatic carbocycles. The first-order chi connectivity index (χ1) is 25.3. The van der Waals surface area contributed by atoms with Crippen LogP contribution in [0, 0.1) is 0 Å². The molecule has 0 amide bonds. The average Bonchev–Trinajstić information content (AvgIpc) is 3.23. The lowest BCUT2D eigenvalue weighted by Crippen LogP contribution is -2.40. The molecule has 3 nitrogen and oxygen atoms in total. The molecule has 0 saturated carbocycles. The molecule has 0 unspecified atom stereocenters. The maximum absolute atomic E-state index is 8.51.